The fourth-order valence-corrected chi connectivity index (χ4v) is 4.61. The van der Waals surface area contributed by atoms with Gasteiger partial charge in [0.05, 0.1) is 7.11 Å². The highest BCUT2D eigenvalue weighted by Gasteiger charge is 2.50. The Labute approximate surface area is 196 Å². The Kier molecular flexibility index (Phi) is 6.37. The van der Waals surface area contributed by atoms with Crippen LogP contribution in [0.5, 0.6) is 5.75 Å². The zero-order valence-electron chi connectivity index (χ0n) is 18.1. The number of urea groups is 1. The van der Waals surface area contributed by atoms with E-state index in [1.54, 1.807) is 31.2 Å². The number of methoxy groups -OCH3 is 1. The van der Waals surface area contributed by atoms with E-state index in [0.717, 1.165) is 15.5 Å². The van der Waals surface area contributed by atoms with E-state index >= 15 is 0 Å². The van der Waals surface area contributed by atoms with Gasteiger partial charge in [0.1, 0.15) is 16.5 Å². The molecule has 3 aromatic carbocycles. The Morgan fingerprint density at radius 2 is 1.67 bits per heavy atom. The summed E-state index contributed by atoms with van der Waals surface area (Å²) < 4.78 is 5.24. The van der Waals surface area contributed by atoms with Crippen molar-refractivity contribution in [1.82, 2.24) is 15.8 Å². The van der Waals surface area contributed by atoms with Crippen molar-refractivity contribution in [2.75, 3.05) is 7.11 Å². The Balaban J connectivity index is 1.59. The van der Waals surface area contributed by atoms with Crippen molar-refractivity contribution in [3.05, 3.63) is 96.1 Å². The Morgan fingerprint density at radius 1 is 1.00 bits per heavy atom. The van der Waals surface area contributed by atoms with E-state index in [9.17, 15) is 14.4 Å². The predicted octanol–water partition coefficient (Wildman–Crippen LogP) is 4.03. The van der Waals surface area contributed by atoms with Crippen LogP contribution in [0.15, 0.2) is 89.8 Å². The van der Waals surface area contributed by atoms with Gasteiger partial charge in [-0.1, -0.05) is 60.7 Å². The number of ether oxygens (including phenoxy) is 1. The topological polar surface area (TPSA) is 87.7 Å². The fraction of sp³-hybridized carbons (Fsp3) is 0.160. The highest BCUT2D eigenvalue weighted by atomic mass is 32.2. The Hall–Kier alpha value is -3.78. The van der Waals surface area contributed by atoms with E-state index in [1.807, 2.05) is 60.7 Å². The molecule has 1 heterocycles. The number of nitrogens with zero attached hydrogens (tertiary/aromatic N) is 1. The van der Waals surface area contributed by atoms with Crippen molar-refractivity contribution < 1.29 is 19.1 Å². The van der Waals surface area contributed by atoms with Gasteiger partial charge in [-0.2, -0.15) is 5.01 Å². The highest BCUT2D eigenvalue weighted by molar-refractivity contribution is 8.00. The van der Waals surface area contributed by atoms with E-state index in [4.69, 9.17) is 4.74 Å². The van der Waals surface area contributed by atoms with Crippen molar-refractivity contribution >= 4 is 29.6 Å². The summed E-state index contributed by atoms with van der Waals surface area (Å²) in [5, 5.41) is 2.78. The van der Waals surface area contributed by atoms with E-state index < -0.39 is 28.6 Å². The molecule has 1 fully saturated rings. The summed E-state index contributed by atoms with van der Waals surface area (Å²) in [6.45, 7) is 1.60. The third kappa shape index (κ3) is 4.56. The van der Waals surface area contributed by atoms with Gasteiger partial charge >= 0.3 is 6.03 Å². The molecule has 1 aliphatic heterocycles. The van der Waals surface area contributed by atoms with Gasteiger partial charge in [0.2, 0.25) is 0 Å². The van der Waals surface area contributed by atoms with Gasteiger partial charge < -0.3 is 10.1 Å². The molecular formula is C25H23N3O4S. The zero-order chi connectivity index (χ0) is 23.4. The largest absolute Gasteiger partial charge is 0.497 e. The number of nitrogens with one attached hydrogen (secondary N) is 2. The minimum atomic E-state index is -1.34. The molecule has 2 N–H and O–H groups in total. The second-order valence-electron chi connectivity index (χ2n) is 7.63. The molecule has 33 heavy (non-hydrogen) atoms. The number of benzene rings is 3. The van der Waals surface area contributed by atoms with Crippen molar-refractivity contribution in [3.8, 4) is 5.75 Å². The molecule has 1 aliphatic rings. The lowest BCUT2D eigenvalue weighted by atomic mass is 9.92. The second-order valence-corrected chi connectivity index (χ2v) is 8.80. The Bertz CT molecular complexity index is 1170. The van der Waals surface area contributed by atoms with E-state index in [0.29, 0.717) is 11.3 Å². The molecule has 0 bridgehead atoms. The van der Waals surface area contributed by atoms with Crippen LogP contribution in [-0.2, 0) is 15.1 Å². The van der Waals surface area contributed by atoms with Crippen LogP contribution in [0.4, 0.5) is 4.79 Å². The summed E-state index contributed by atoms with van der Waals surface area (Å²) in [6.07, 6.45) is 0. The van der Waals surface area contributed by atoms with E-state index in [1.165, 1.54) is 18.9 Å². The van der Waals surface area contributed by atoms with Crippen molar-refractivity contribution in [2.45, 2.75) is 22.6 Å². The van der Waals surface area contributed by atoms with Crippen LogP contribution >= 0.6 is 11.8 Å². The molecule has 7 nitrogen and oxygen atoms in total. The van der Waals surface area contributed by atoms with Gasteiger partial charge in [0.15, 0.2) is 0 Å². The average Bonchev–Trinajstić information content (AvgIpc) is 3.07. The molecule has 2 atom stereocenters. The lowest BCUT2D eigenvalue weighted by Gasteiger charge is -2.23. The summed E-state index contributed by atoms with van der Waals surface area (Å²) in [5.41, 5.74) is 2.50. The maximum absolute atomic E-state index is 13.3. The quantitative estimate of drug-likeness (QED) is 0.410. The van der Waals surface area contributed by atoms with Crippen LogP contribution in [0.2, 0.25) is 0 Å². The Morgan fingerprint density at radius 3 is 2.33 bits per heavy atom. The molecule has 168 valence electrons. The number of hydrogen-bond acceptors (Lipinski definition) is 5. The van der Waals surface area contributed by atoms with Crippen LogP contribution in [-0.4, -0.2) is 30.0 Å². The third-order valence-electron chi connectivity index (χ3n) is 5.40. The molecule has 0 aromatic heterocycles. The number of carbonyl (C=O) groups is 3. The van der Waals surface area contributed by atoms with E-state index in [-0.39, 0.29) is 0 Å². The van der Waals surface area contributed by atoms with Gasteiger partial charge in [0.25, 0.3) is 11.8 Å². The van der Waals surface area contributed by atoms with Gasteiger partial charge in [-0.3, -0.25) is 15.0 Å². The van der Waals surface area contributed by atoms with Crippen LogP contribution in [0.25, 0.3) is 0 Å². The zero-order valence-corrected chi connectivity index (χ0v) is 19.0. The van der Waals surface area contributed by atoms with Gasteiger partial charge in [-0.25, -0.2) is 4.79 Å². The third-order valence-corrected chi connectivity index (χ3v) is 6.66. The standard InChI is InChI=1S/C25H23N3O4S/c1-25(18-12-9-13-19(16-18)32-2)23(30)28(24(31)26-25)27-22(29)21(17-10-5-3-6-11-17)33-20-14-7-4-8-15-20/h3-16,21H,1-2H3,(H,26,31)(H,27,29)/t21-,25-/m0/s1. The molecule has 0 unspecified atom stereocenters. The number of carbonyl (C=O) groups excluding carboxylic acids is 3. The normalized spacial score (nSPS) is 18.5. The number of thioether (sulfide) groups is 1. The fourth-order valence-electron chi connectivity index (χ4n) is 3.58. The minimum Gasteiger partial charge on any atom is -0.497 e. The summed E-state index contributed by atoms with van der Waals surface area (Å²) in [4.78, 5) is 40.2. The highest BCUT2D eigenvalue weighted by Crippen LogP contribution is 2.36. The first kappa shape index (κ1) is 22.4. The SMILES string of the molecule is COc1cccc([C@]2(C)NC(=O)N(NC(=O)[C@@H](Sc3ccccc3)c3ccccc3)C2=O)c1. The lowest BCUT2D eigenvalue weighted by molar-refractivity contribution is -0.138. The molecule has 1 saturated heterocycles. The van der Waals surface area contributed by atoms with Gasteiger partial charge in [0, 0.05) is 4.90 Å². The van der Waals surface area contributed by atoms with Crippen molar-refractivity contribution in [1.29, 1.82) is 0 Å². The number of imide groups is 1. The molecule has 0 radical (unpaired) electrons. The number of rotatable bonds is 7. The molecule has 4 rings (SSSR count). The predicted molar refractivity (Wildman–Crippen MR) is 125 cm³/mol. The molecule has 8 heteroatoms. The first-order chi connectivity index (χ1) is 15.9. The number of hydrogen-bond donors (Lipinski definition) is 2. The van der Waals surface area contributed by atoms with Gasteiger partial charge in [-0.15, -0.1) is 11.8 Å². The molecule has 0 aliphatic carbocycles. The lowest BCUT2D eigenvalue weighted by Crippen LogP contribution is -2.49. The van der Waals surface area contributed by atoms with Crippen LogP contribution < -0.4 is 15.5 Å². The molecular weight excluding hydrogens is 438 g/mol. The van der Waals surface area contributed by atoms with Gasteiger partial charge in [-0.05, 0) is 42.3 Å². The number of amides is 4. The van der Waals surface area contributed by atoms with Crippen LogP contribution in [0.1, 0.15) is 23.3 Å². The average molecular weight is 462 g/mol. The summed E-state index contributed by atoms with van der Waals surface area (Å²) in [7, 11) is 1.52. The van der Waals surface area contributed by atoms with Crippen LogP contribution in [0.3, 0.4) is 0 Å². The summed E-state index contributed by atoms with van der Waals surface area (Å²) in [6, 6.07) is 24.9. The monoisotopic (exact) mass is 461 g/mol. The first-order valence-electron chi connectivity index (χ1n) is 10.3. The second kappa shape index (κ2) is 9.38. The summed E-state index contributed by atoms with van der Waals surface area (Å²) in [5.74, 6) is -0.499. The first-order valence-corrected chi connectivity index (χ1v) is 11.2. The maximum Gasteiger partial charge on any atom is 0.344 e. The number of hydrazine groups is 1. The molecule has 0 saturated carbocycles. The summed E-state index contributed by atoms with van der Waals surface area (Å²) >= 11 is 1.34. The smallest absolute Gasteiger partial charge is 0.344 e. The van der Waals surface area contributed by atoms with Crippen molar-refractivity contribution in [3.63, 3.8) is 0 Å². The maximum atomic E-state index is 13.3. The molecule has 4 amide bonds. The molecule has 0 spiro atoms. The van der Waals surface area contributed by atoms with E-state index in [2.05, 4.69) is 10.7 Å². The van der Waals surface area contributed by atoms with Crippen LogP contribution in [0, 0.1) is 0 Å². The van der Waals surface area contributed by atoms with Crippen molar-refractivity contribution in [2.24, 2.45) is 0 Å². The molecule has 3 aromatic rings. The minimum absolute atomic E-state index is 0.478.